The number of aromatic nitrogens is 2. The van der Waals surface area contributed by atoms with Gasteiger partial charge in [0.05, 0.1) is 12.2 Å². The molecule has 3 rings (SSSR count). The highest BCUT2D eigenvalue weighted by Gasteiger charge is 2.35. The first-order valence-corrected chi connectivity index (χ1v) is 10.5. The Morgan fingerprint density at radius 2 is 2.11 bits per heavy atom. The van der Waals surface area contributed by atoms with E-state index < -0.39 is 24.1 Å². The van der Waals surface area contributed by atoms with Gasteiger partial charge in [-0.1, -0.05) is 36.2 Å². The second-order valence-corrected chi connectivity index (χ2v) is 8.23. The highest BCUT2D eigenvalue weighted by Crippen LogP contribution is 2.31. The summed E-state index contributed by atoms with van der Waals surface area (Å²) in [5.74, 6) is 1.21. The van der Waals surface area contributed by atoms with Crippen molar-refractivity contribution in [3.05, 3.63) is 66.4 Å². The van der Waals surface area contributed by atoms with Gasteiger partial charge in [-0.25, -0.2) is 4.79 Å². The van der Waals surface area contributed by atoms with Crippen LogP contribution in [0.3, 0.4) is 0 Å². The number of hydrogen-bond acceptors (Lipinski definition) is 5. The van der Waals surface area contributed by atoms with Crippen molar-refractivity contribution in [1.29, 1.82) is 0 Å². The summed E-state index contributed by atoms with van der Waals surface area (Å²) >= 11 is 13.6. The first kappa shape index (κ1) is 20.5. The van der Waals surface area contributed by atoms with Crippen molar-refractivity contribution in [3.8, 4) is 0 Å². The van der Waals surface area contributed by atoms with E-state index in [0.29, 0.717) is 40.0 Å². The zero-order valence-corrected chi connectivity index (χ0v) is 17.0. The fourth-order valence-corrected chi connectivity index (χ4v) is 4.63. The average Bonchev–Trinajstić information content (AvgIpc) is 2.97. The van der Waals surface area contributed by atoms with Gasteiger partial charge in [0.1, 0.15) is 6.23 Å². The van der Waals surface area contributed by atoms with Gasteiger partial charge < -0.3 is 9.84 Å². The Hall–Kier alpha value is -1.25. The maximum atomic E-state index is 12.1. The van der Waals surface area contributed by atoms with Crippen molar-refractivity contribution in [2.24, 2.45) is 0 Å². The van der Waals surface area contributed by atoms with Crippen LogP contribution >= 0.6 is 35.0 Å². The summed E-state index contributed by atoms with van der Waals surface area (Å²) in [6, 6.07) is 5.36. The predicted molar refractivity (Wildman–Crippen MR) is 108 cm³/mol. The average molecular weight is 431 g/mol. The Bertz CT molecular complexity index is 930. The van der Waals surface area contributed by atoms with Crippen molar-refractivity contribution >= 4 is 35.0 Å². The Kier molecular flexibility index (Phi) is 6.70. The van der Waals surface area contributed by atoms with Crippen LogP contribution in [-0.4, -0.2) is 32.6 Å². The number of benzene rings is 1. The van der Waals surface area contributed by atoms with Crippen LogP contribution in [0.15, 0.2) is 34.0 Å². The Labute approximate surface area is 170 Å². The molecule has 6 nitrogen and oxygen atoms in total. The maximum absolute atomic E-state index is 12.1. The van der Waals surface area contributed by atoms with E-state index in [1.54, 1.807) is 23.9 Å². The third-order valence-corrected chi connectivity index (χ3v) is 6.16. The summed E-state index contributed by atoms with van der Waals surface area (Å²) in [5.41, 5.74) is 0.544. The first-order valence-electron chi connectivity index (χ1n) is 8.58. The molecule has 1 saturated heterocycles. The fraction of sp³-hybridized carbons (Fsp3) is 0.444. The van der Waals surface area contributed by atoms with Gasteiger partial charge in [-0.15, -0.1) is 0 Å². The lowest BCUT2D eigenvalue weighted by atomic mass is 10.2. The lowest BCUT2D eigenvalue weighted by molar-refractivity contribution is -0.00767. The largest absolute Gasteiger partial charge is 0.390 e. The molecule has 0 amide bonds. The minimum atomic E-state index is -0.688. The Morgan fingerprint density at radius 1 is 1.33 bits per heavy atom. The normalized spacial score (nSPS) is 22.3. The Morgan fingerprint density at radius 3 is 2.81 bits per heavy atom. The van der Waals surface area contributed by atoms with Gasteiger partial charge in [-0.05, 0) is 24.1 Å². The molecule has 0 spiro atoms. The quantitative estimate of drug-likeness (QED) is 0.735. The number of aliphatic hydroxyl groups is 1. The highest BCUT2D eigenvalue weighted by atomic mass is 35.5. The molecular formula is C18H20Cl2N2O4S. The number of aryl methyl sites for hydroxylation is 1. The maximum Gasteiger partial charge on any atom is 0.330 e. The van der Waals surface area contributed by atoms with Crippen LogP contribution in [0.5, 0.6) is 0 Å². The van der Waals surface area contributed by atoms with E-state index >= 15 is 0 Å². The molecule has 2 aromatic rings. The number of thioether (sulfide) groups is 1. The van der Waals surface area contributed by atoms with Gasteiger partial charge in [0.2, 0.25) is 0 Å². The van der Waals surface area contributed by atoms with Gasteiger partial charge in [-0.3, -0.25) is 14.3 Å². The SMILES string of the molecule is CCc1cn([C@@H]2CC(O)[C@H](CSCc3ccc(Cl)cc3Cl)O2)c(=O)[nH]c1=O. The summed E-state index contributed by atoms with van der Waals surface area (Å²) in [6.45, 7) is 1.84. The van der Waals surface area contributed by atoms with Gasteiger partial charge in [-0.2, -0.15) is 11.8 Å². The number of aromatic amines is 1. The highest BCUT2D eigenvalue weighted by molar-refractivity contribution is 7.98. The Balaban J connectivity index is 1.63. The van der Waals surface area contributed by atoms with E-state index in [1.165, 1.54) is 10.8 Å². The monoisotopic (exact) mass is 430 g/mol. The minimum absolute atomic E-state index is 0.294. The molecule has 0 aliphatic carbocycles. The molecule has 2 heterocycles. The smallest absolute Gasteiger partial charge is 0.330 e. The van der Waals surface area contributed by atoms with E-state index in [9.17, 15) is 14.7 Å². The molecule has 9 heteroatoms. The van der Waals surface area contributed by atoms with Gasteiger partial charge in [0.15, 0.2) is 0 Å². The molecule has 0 saturated carbocycles. The molecule has 1 aliphatic rings. The molecule has 0 bridgehead atoms. The second kappa shape index (κ2) is 8.84. The first-order chi connectivity index (χ1) is 12.9. The third-order valence-electron chi connectivity index (χ3n) is 4.49. The van der Waals surface area contributed by atoms with E-state index in [-0.39, 0.29) is 5.56 Å². The number of nitrogens with zero attached hydrogens (tertiary/aromatic N) is 1. The minimum Gasteiger partial charge on any atom is -0.390 e. The lowest BCUT2D eigenvalue weighted by Gasteiger charge is -2.16. The molecule has 0 radical (unpaired) electrons. The number of rotatable bonds is 6. The number of halogens is 2. The van der Waals surface area contributed by atoms with Crippen molar-refractivity contribution < 1.29 is 9.84 Å². The zero-order chi connectivity index (χ0) is 19.6. The number of hydrogen-bond donors (Lipinski definition) is 2. The molecule has 1 aliphatic heterocycles. The van der Waals surface area contributed by atoms with Crippen molar-refractivity contribution in [3.63, 3.8) is 0 Å². The predicted octanol–water partition coefficient (Wildman–Crippen LogP) is 2.99. The molecule has 1 unspecified atom stereocenters. The standard InChI is InChI=1S/C18H20Cl2N2O4S/c1-2-10-7-22(18(25)21-17(10)24)16-6-14(23)15(26-16)9-27-8-11-3-4-12(19)5-13(11)20/h3-5,7,14-16,23H,2,6,8-9H2,1H3,(H,21,24,25)/t14?,15-,16-/m0/s1. The summed E-state index contributed by atoms with van der Waals surface area (Å²) < 4.78 is 7.23. The molecule has 1 aromatic carbocycles. The summed E-state index contributed by atoms with van der Waals surface area (Å²) in [6.07, 6.45) is 0.622. The van der Waals surface area contributed by atoms with E-state index in [2.05, 4.69) is 4.98 Å². The molecule has 146 valence electrons. The van der Waals surface area contributed by atoms with Crippen LogP contribution < -0.4 is 11.2 Å². The van der Waals surface area contributed by atoms with Crippen LogP contribution in [-0.2, 0) is 16.9 Å². The van der Waals surface area contributed by atoms with Crippen LogP contribution in [0.4, 0.5) is 0 Å². The summed E-state index contributed by atoms with van der Waals surface area (Å²) in [5, 5.41) is 11.5. The lowest BCUT2D eigenvalue weighted by Crippen LogP contribution is -2.34. The van der Waals surface area contributed by atoms with Crippen LogP contribution in [0.25, 0.3) is 0 Å². The topological polar surface area (TPSA) is 84.3 Å². The number of ether oxygens (including phenoxy) is 1. The third kappa shape index (κ3) is 4.78. The molecule has 1 aromatic heterocycles. The number of H-pyrrole nitrogens is 1. The van der Waals surface area contributed by atoms with Crippen LogP contribution in [0.1, 0.15) is 30.7 Å². The van der Waals surface area contributed by atoms with E-state index in [4.69, 9.17) is 27.9 Å². The van der Waals surface area contributed by atoms with Crippen molar-refractivity contribution in [2.45, 2.75) is 44.0 Å². The fourth-order valence-electron chi connectivity index (χ4n) is 2.95. The van der Waals surface area contributed by atoms with Gasteiger partial charge in [0, 0.05) is 39.7 Å². The summed E-state index contributed by atoms with van der Waals surface area (Å²) in [7, 11) is 0. The second-order valence-electron chi connectivity index (χ2n) is 6.36. The van der Waals surface area contributed by atoms with Crippen LogP contribution in [0, 0.1) is 0 Å². The van der Waals surface area contributed by atoms with Crippen LogP contribution in [0.2, 0.25) is 10.0 Å². The molecule has 3 atom stereocenters. The molecule has 1 fully saturated rings. The molecule has 27 heavy (non-hydrogen) atoms. The van der Waals surface area contributed by atoms with E-state index in [1.807, 2.05) is 13.0 Å². The van der Waals surface area contributed by atoms with Gasteiger partial charge >= 0.3 is 5.69 Å². The zero-order valence-electron chi connectivity index (χ0n) is 14.7. The van der Waals surface area contributed by atoms with Crippen molar-refractivity contribution in [2.75, 3.05) is 5.75 Å². The molecular weight excluding hydrogens is 411 g/mol. The number of nitrogens with one attached hydrogen (secondary N) is 1. The molecule has 2 N–H and O–H groups in total. The van der Waals surface area contributed by atoms with E-state index in [0.717, 1.165) is 5.56 Å². The van der Waals surface area contributed by atoms with Crippen molar-refractivity contribution in [1.82, 2.24) is 9.55 Å². The summed E-state index contributed by atoms with van der Waals surface area (Å²) in [4.78, 5) is 26.1. The number of aliphatic hydroxyl groups excluding tert-OH is 1. The van der Waals surface area contributed by atoms with Gasteiger partial charge in [0.25, 0.3) is 5.56 Å².